The van der Waals surface area contributed by atoms with Crippen molar-refractivity contribution in [3.63, 3.8) is 0 Å². The third-order valence-electron chi connectivity index (χ3n) is 3.19. The van der Waals surface area contributed by atoms with E-state index in [0.29, 0.717) is 13.2 Å². The number of hydrogen-bond donors (Lipinski definition) is 1. The number of amides is 1. The van der Waals surface area contributed by atoms with Crippen molar-refractivity contribution in [3.8, 4) is 11.8 Å². The van der Waals surface area contributed by atoms with Crippen LogP contribution in [0.25, 0.3) is 0 Å². The maximum absolute atomic E-state index is 12.2. The Morgan fingerprint density at radius 2 is 2.45 bits per heavy atom. The molecule has 20 heavy (non-hydrogen) atoms. The number of nitrogens with zero attached hydrogens (tertiary/aromatic N) is 1. The molecule has 1 aliphatic heterocycles. The van der Waals surface area contributed by atoms with Crippen LogP contribution in [0.4, 0.5) is 0 Å². The Morgan fingerprint density at radius 1 is 1.60 bits per heavy atom. The van der Waals surface area contributed by atoms with E-state index in [1.165, 1.54) is 0 Å². The van der Waals surface area contributed by atoms with Gasteiger partial charge >= 0.3 is 0 Å². The molecular weight excluding hydrogens is 274 g/mol. The van der Waals surface area contributed by atoms with E-state index < -0.39 is 0 Å². The van der Waals surface area contributed by atoms with E-state index in [4.69, 9.17) is 9.84 Å². The Labute approximate surface area is 123 Å². The van der Waals surface area contributed by atoms with Crippen LogP contribution in [0, 0.1) is 11.8 Å². The topological polar surface area (TPSA) is 49.8 Å². The average Bonchev–Trinajstić information content (AvgIpc) is 2.92. The average molecular weight is 293 g/mol. The summed E-state index contributed by atoms with van der Waals surface area (Å²) in [5.41, 5.74) is 0.883. The number of aliphatic hydroxyl groups is 1. The fourth-order valence-corrected chi connectivity index (χ4v) is 3.03. The van der Waals surface area contributed by atoms with Gasteiger partial charge in [-0.2, -0.15) is 0 Å². The van der Waals surface area contributed by atoms with Gasteiger partial charge in [0.2, 0.25) is 0 Å². The lowest BCUT2D eigenvalue weighted by Crippen LogP contribution is -2.39. The highest BCUT2D eigenvalue weighted by Gasteiger charge is 2.25. The normalized spacial score (nSPS) is 18.2. The maximum Gasteiger partial charge on any atom is 0.251 e. The van der Waals surface area contributed by atoms with Gasteiger partial charge in [0.05, 0.1) is 6.54 Å². The summed E-state index contributed by atoms with van der Waals surface area (Å²) in [6.07, 6.45) is 2.65. The summed E-state index contributed by atoms with van der Waals surface area (Å²) in [7, 11) is 1.80. The minimum absolute atomic E-state index is 0.0566. The van der Waals surface area contributed by atoms with Crippen molar-refractivity contribution in [2.75, 3.05) is 20.3 Å². The molecule has 1 aromatic heterocycles. The third-order valence-corrected chi connectivity index (χ3v) is 4.11. The van der Waals surface area contributed by atoms with Crippen LogP contribution in [-0.2, 0) is 16.1 Å². The minimum atomic E-state index is -0.276. The van der Waals surface area contributed by atoms with E-state index >= 15 is 0 Å². The molecule has 2 rings (SSSR count). The molecule has 1 saturated heterocycles. The number of hydrogen-bond acceptors (Lipinski definition) is 4. The Morgan fingerprint density at radius 3 is 3.15 bits per heavy atom. The van der Waals surface area contributed by atoms with E-state index in [0.717, 1.165) is 29.7 Å². The van der Waals surface area contributed by atoms with Gasteiger partial charge in [0.1, 0.15) is 12.7 Å². The summed E-state index contributed by atoms with van der Waals surface area (Å²) in [6.45, 7) is 1.12. The first kappa shape index (κ1) is 15.0. The molecule has 4 nitrogen and oxygen atoms in total. The van der Waals surface area contributed by atoms with Gasteiger partial charge in [0.15, 0.2) is 0 Å². The molecule has 1 aromatic rings. The summed E-state index contributed by atoms with van der Waals surface area (Å²) in [5.74, 6) is 5.54. The van der Waals surface area contributed by atoms with E-state index in [2.05, 4.69) is 11.8 Å². The van der Waals surface area contributed by atoms with Gasteiger partial charge in [-0.25, -0.2) is 0 Å². The second kappa shape index (κ2) is 7.44. The lowest BCUT2D eigenvalue weighted by Gasteiger charge is -2.26. The van der Waals surface area contributed by atoms with E-state index in [-0.39, 0.29) is 18.6 Å². The van der Waals surface area contributed by atoms with Crippen LogP contribution in [0.2, 0.25) is 0 Å². The second-order valence-corrected chi connectivity index (χ2v) is 5.81. The summed E-state index contributed by atoms with van der Waals surface area (Å²) < 4.78 is 5.52. The first-order valence-electron chi connectivity index (χ1n) is 6.74. The monoisotopic (exact) mass is 293 g/mol. The predicted molar refractivity (Wildman–Crippen MR) is 78.3 cm³/mol. The van der Waals surface area contributed by atoms with Crippen LogP contribution in [0.3, 0.4) is 0 Å². The molecule has 1 amide bonds. The minimum Gasteiger partial charge on any atom is -0.384 e. The van der Waals surface area contributed by atoms with Crippen molar-refractivity contribution in [1.82, 2.24) is 4.90 Å². The largest absolute Gasteiger partial charge is 0.384 e. The fraction of sp³-hybridized carbons (Fsp3) is 0.533. The van der Waals surface area contributed by atoms with Crippen LogP contribution in [-0.4, -0.2) is 42.3 Å². The maximum atomic E-state index is 12.2. The van der Waals surface area contributed by atoms with E-state index in [1.807, 2.05) is 11.4 Å². The highest BCUT2D eigenvalue weighted by atomic mass is 32.1. The zero-order chi connectivity index (χ0) is 14.4. The molecule has 0 saturated carbocycles. The predicted octanol–water partition coefficient (Wildman–Crippen LogP) is 1.62. The summed E-state index contributed by atoms with van der Waals surface area (Å²) in [6, 6.07) is 1.96. The van der Waals surface area contributed by atoms with E-state index in [9.17, 15) is 4.79 Å². The van der Waals surface area contributed by atoms with Crippen LogP contribution >= 0.6 is 11.3 Å². The lowest BCUT2D eigenvalue weighted by molar-refractivity contribution is -0.145. The fourth-order valence-electron chi connectivity index (χ4n) is 2.16. The lowest BCUT2D eigenvalue weighted by atomic mass is 10.1. The Bertz CT molecular complexity index is 509. The second-order valence-electron chi connectivity index (χ2n) is 4.81. The van der Waals surface area contributed by atoms with E-state index in [1.54, 1.807) is 23.3 Å². The van der Waals surface area contributed by atoms with Crippen molar-refractivity contribution in [2.45, 2.75) is 31.9 Å². The molecule has 2 heterocycles. The smallest absolute Gasteiger partial charge is 0.251 e. The third kappa shape index (κ3) is 4.07. The van der Waals surface area contributed by atoms with Crippen molar-refractivity contribution in [1.29, 1.82) is 0 Å². The first-order valence-corrected chi connectivity index (χ1v) is 7.62. The van der Waals surface area contributed by atoms with Gasteiger partial charge in [-0.3, -0.25) is 4.79 Å². The van der Waals surface area contributed by atoms with Crippen LogP contribution in [0.15, 0.2) is 11.4 Å². The standard InChI is InChI=1S/C15H19NO3S/c1-16(15(18)14-6-2-3-8-19-14)10-13-9-12(11-20-13)5-4-7-17/h9,11,14,17H,2-3,6-8,10H2,1H3. The van der Waals surface area contributed by atoms with Gasteiger partial charge in [-0.05, 0) is 25.3 Å². The van der Waals surface area contributed by atoms with Crippen molar-refractivity contribution in [2.24, 2.45) is 0 Å². The zero-order valence-corrected chi connectivity index (χ0v) is 12.4. The molecule has 0 bridgehead atoms. The number of thiophene rings is 1. The number of likely N-dealkylation sites (N-methyl/N-ethyl adjacent to an activating group) is 1. The van der Waals surface area contributed by atoms with Crippen LogP contribution < -0.4 is 0 Å². The van der Waals surface area contributed by atoms with Crippen molar-refractivity contribution in [3.05, 3.63) is 21.9 Å². The Hall–Kier alpha value is -1.35. The molecule has 1 atom stereocenters. The number of rotatable bonds is 3. The molecule has 1 N–H and O–H groups in total. The highest BCUT2D eigenvalue weighted by Crippen LogP contribution is 2.19. The number of ether oxygens (including phenoxy) is 1. The first-order chi connectivity index (χ1) is 9.70. The molecule has 1 aliphatic rings. The number of aliphatic hydroxyl groups excluding tert-OH is 1. The van der Waals surface area contributed by atoms with Gasteiger partial charge in [0.25, 0.3) is 5.91 Å². The molecule has 0 spiro atoms. The van der Waals surface area contributed by atoms with Crippen LogP contribution in [0.5, 0.6) is 0 Å². The van der Waals surface area contributed by atoms with Crippen molar-refractivity contribution >= 4 is 17.2 Å². The molecule has 108 valence electrons. The number of carbonyl (C=O) groups is 1. The molecule has 1 unspecified atom stereocenters. The van der Waals surface area contributed by atoms with Crippen LogP contribution in [0.1, 0.15) is 29.7 Å². The summed E-state index contributed by atoms with van der Waals surface area (Å²) >= 11 is 1.57. The Balaban J connectivity index is 1.91. The van der Waals surface area contributed by atoms with Gasteiger partial charge in [-0.1, -0.05) is 11.8 Å². The summed E-state index contributed by atoms with van der Waals surface area (Å²) in [4.78, 5) is 15.0. The molecule has 1 fully saturated rings. The molecular formula is C15H19NO3S. The Kier molecular flexibility index (Phi) is 5.60. The quantitative estimate of drug-likeness (QED) is 0.862. The molecule has 0 aromatic carbocycles. The SMILES string of the molecule is CN(Cc1cc(C#CCO)cs1)C(=O)C1CCCCO1. The summed E-state index contributed by atoms with van der Waals surface area (Å²) in [5, 5.41) is 10.6. The highest BCUT2D eigenvalue weighted by molar-refractivity contribution is 7.10. The molecule has 0 aliphatic carbocycles. The van der Waals surface area contributed by atoms with Crippen molar-refractivity contribution < 1.29 is 14.6 Å². The number of carbonyl (C=O) groups excluding carboxylic acids is 1. The van der Waals surface area contributed by atoms with Gasteiger partial charge in [-0.15, -0.1) is 11.3 Å². The molecule has 0 radical (unpaired) electrons. The van der Waals surface area contributed by atoms with Gasteiger partial charge < -0.3 is 14.7 Å². The molecule has 5 heteroatoms. The van der Waals surface area contributed by atoms with Gasteiger partial charge in [0, 0.05) is 29.5 Å². The zero-order valence-electron chi connectivity index (χ0n) is 11.6.